The zero-order valence-electron chi connectivity index (χ0n) is 29.3. The summed E-state index contributed by atoms with van der Waals surface area (Å²) in [7, 11) is 0. The number of rotatable bonds is 3. The third-order valence-corrected chi connectivity index (χ3v) is 10.9. The highest BCUT2D eigenvalue weighted by Gasteiger charge is 2.57. The van der Waals surface area contributed by atoms with Gasteiger partial charge in [0.15, 0.2) is 0 Å². The van der Waals surface area contributed by atoms with Crippen LogP contribution in [0.15, 0.2) is 36.4 Å². The summed E-state index contributed by atoms with van der Waals surface area (Å²) in [5.74, 6) is 2.78. The fourth-order valence-electron chi connectivity index (χ4n) is 8.58. The molecule has 256 valence electrons. The number of hydrogen-bond donors (Lipinski definition) is 2. The van der Waals surface area contributed by atoms with Crippen molar-refractivity contribution in [3.8, 4) is 22.4 Å². The van der Waals surface area contributed by atoms with Crippen molar-refractivity contribution in [2.45, 2.75) is 122 Å². The lowest BCUT2D eigenvalue weighted by Gasteiger charge is -2.29. The number of aromatic amines is 2. The van der Waals surface area contributed by atoms with Gasteiger partial charge < -0.3 is 19.4 Å². The van der Waals surface area contributed by atoms with Crippen LogP contribution in [0.1, 0.15) is 109 Å². The number of aromatic nitrogens is 4. The molecule has 2 saturated heterocycles. The predicted molar refractivity (Wildman–Crippen MR) is 186 cm³/mol. The topological polar surface area (TPSA) is 116 Å². The van der Waals surface area contributed by atoms with E-state index in [1.165, 1.54) is 5.56 Å². The van der Waals surface area contributed by atoms with E-state index in [4.69, 9.17) is 19.4 Å². The largest absolute Gasteiger partial charge is 0.444 e. The van der Waals surface area contributed by atoms with Crippen LogP contribution in [0.5, 0.6) is 0 Å². The van der Waals surface area contributed by atoms with Crippen molar-refractivity contribution in [2.75, 3.05) is 0 Å². The predicted octanol–water partition coefficient (Wildman–Crippen LogP) is 8.25. The summed E-state index contributed by atoms with van der Waals surface area (Å²) in [5, 5.41) is 0. The number of nitrogens with zero attached hydrogens (tertiary/aromatic N) is 4. The van der Waals surface area contributed by atoms with E-state index < -0.39 is 11.2 Å². The fourth-order valence-corrected chi connectivity index (χ4v) is 8.58. The van der Waals surface area contributed by atoms with Crippen LogP contribution in [0.2, 0.25) is 0 Å². The highest BCUT2D eigenvalue weighted by Crippen LogP contribution is 2.55. The molecule has 0 radical (unpaired) electrons. The number of fused-ring (bicyclic) bond motifs is 6. The van der Waals surface area contributed by atoms with Crippen LogP contribution in [0.3, 0.4) is 0 Å². The van der Waals surface area contributed by atoms with Gasteiger partial charge in [0.25, 0.3) is 0 Å². The van der Waals surface area contributed by atoms with Crippen LogP contribution in [-0.2, 0) is 22.3 Å². The van der Waals surface area contributed by atoms with Crippen LogP contribution >= 0.6 is 0 Å². The number of ether oxygens (including phenoxy) is 2. The van der Waals surface area contributed by atoms with Gasteiger partial charge in [0.05, 0.1) is 28.8 Å². The van der Waals surface area contributed by atoms with E-state index in [1.807, 2.05) is 51.3 Å². The summed E-state index contributed by atoms with van der Waals surface area (Å²) < 4.78 is 11.6. The number of amides is 2. The maximum atomic E-state index is 13.2. The number of imidazole rings is 2. The third kappa shape index (κ3) is 5.47. The van der Waals surface area contributed by atoms with E-state index in [2.05, 4.69) is 46.4 Å². The van der Waals surface area contributed by atoms with Gasteiger partial charge in [-0.1, -0.05) is 24.3 Å². The van der Waals surface area contributed by atoms with Crippen molar-refractivity contribution in [3.63, 3.8) is 0 Å². The Hall–Kier alpha value is -4.34. The number of benzene rings is 2. The average Bonchev–Trinajstić information content (AvgIpc) is 3.72. The molecule has 0 unspecified atom stereocenters. The molecule has 0 spiro atoms. The Balaban J connectivity index is 0.980. The van der Waals surface area contributed by atoms with Crippen molar-refractivity contribution >= 4 is 23.2 Å². The van der Waals surface area contributed by atoms with Gasteiger partial charge in [0.2, 0.25) is 0 Å². The Bertz CT molecular complexity index is 2000. The lowest BCUT2D eigenvalue weighted by molar-refractivity contribution is 0.0164. The van der Waals surface area contributed by atoms with Crippen LogP contribution in [-0.4, -0.2) is 65.2 Å². The van der Waals surface area contributed by atoms with Crippen molar-refractivity contribution in [3.05, 3.63) is 59.3 Å². The van der Waals surface area contributed by atoms with Crippen molar-refractivity contribution < 1.29 is 19.1 Å². The number of piperidine rings is 2. The molecule has 3 aliphatic carbocycles. The number of nitrogens with one attached hydrogen (secondary N) is 2. The molecule has 2 aromatic carbocycles. The zero-order chi connectivity index (χ0) is 34.0. The van der Waals surface area contributed by atoms with Gasteiger partial charge in [0.1, 0.15) is 22.9 Å². The number of aryl methyl sites for hydroxylation is 2. The molecular formula is C39H46N6O4. The molecule has 0 bridgehead atoms. The molecule has 4 heterocycles. The van der Waals surface area contributed by atoms with Crippen molar-refractivity contribution in [1.29, 1.82) is 0 Å². The maximum Gasteiger partial charge on any atom is 0.411 e. The fraction of sp³-hybridized carbons (Fsp3) is 0.538. The molecule has 10 heteroatoms. The standard InChI is InChI=1S/C39H46N6O4/c1-38(2,3)48-36(46)44-29-16-23(29)18-31(44)34-40-26-13-11-21(15-28(26)42-34)20-10-12-25-22(14-20)8-7-9-27-33(25)43-35(41-27)32-19-24-17-30(24)45(32)37(47)49-39(4,5)6/h10-15,23-24,29-32H,7-9,16-19H2,1-6H3,(H,40,42)(H,41,43)/t23-,24-,29-,30-,31+,32+/m1/s1. The molecule has 10 nitrogen and oxygen atoms in total. The van der Waals surface area contributed by atoms with Gasteiger partial charge in [0, 0.05) is 23.3 Å². The van der Waals surface area contributed by atoms with E-state index in [9.17, 15) is 9.59 Å². The van der Waals surface area contributed by atoms with Gasteiger partial charge in [-0.05, 0) is 127 Å². The number of likely N-dealkylation sites (tertiary alicyclic amines) is 2. The lowest BCUT2D eigenvalue weighted by Crippen LogP contribution is -2.38. The first-order valence-corrected chi connectivity index (χ1v) is 18.0. The molecule has 2 N–H and O–H groups in total. The molecule has 4 fully saturated rings. The second-order valence-corrected chi connectivity index (χ2v) is 16.9. The highest BCUT2D eigenvalue weighted by molar-refractivity contribution is 5.83. The summed E-state index contributed by atoms with van der Waals surface area (Å²) >= 11 is 0. The average molecular weight is 663 g/mol. The number of carbonyl (C=O) groups excluding carboxylic acids is 2. The first-order chi connectivity index (χ1) is 23.3. The Labute approximate surface area is 287 Å². The van der Waals surface area contributed by atoms with Crippen LogP contribution in [0.25, 0.3) is 33.4 Å². The summed E-state index contributed by atoms with van der Waals surface area (Å²) in [4.78, 5) is 47.6. The first-order valence-electron chi connectivity index (χ1n) is 18.0. The van der Waals surface area contributed by atoms with Gasteiger partial charge in [-0.15, -0.1) is 0 Å². The van der Waals surface area contributed by atoms with E-state index in [0.717, 1.165) is 95.7 Å². The minimum Gasteiger partial charge on any atom is -0.444 e. The monoisotopic (exact) mass is 662 g/mol. The van der Waals surface area contributed by atoms with Crippen LogP contribution in [0.4, 0.5) is 9.59 Å². The van der Waals surface area contributed by atoms with Crippen LogP contribution < -0.4 is 0 Å². The number of H-pyrrole nitrogens is 2. The van der Waals surface area contributed by atoms with E-state index in [-0.39, 0.29) is 36.4 Å². The quantitative estimate of drug-likeness (QED) is 0.228. The second-order valence-electron chi connectivity index (χ2n) is 16.9. The summed E-state index contributed by atoms with van der Waals surface area (Å²) in [5.41, 5.74) is 7.69. The molecule has 2 amide bonds. The third-order valence-electron chi connectivity index (χ3n) is 10.9. The van der Waals surface area contributed by atoms with E-state index in [1.54, 1.807) is 0 Å². The molecule has 9 rings (SSSR count). The summed E-state index contributed by atoms with van der Waals surface area (Å²) in [6.07, 6.45) is 6.38. The molecule has 2 aromatic heterocycles. The Morgan fingerprint density at radius 1 is 0.735 bits per heavy atom. The highest BCUT2D eigenvalue weighted by atomic mass is 16.6. The molecular weight excluding hydrogens is 616 g/mol. The number of carbonyl (C=O) groups is 2. The molecule has 5 aliphatic rings. The van der Waals surface area contributed by atoms with Crippen molar-refractivity contribution in [2.24, 2.45) is 11.8 Å². The molecule has 2 aliphatic heterocycles. The maximum absolute atomic E-state index is 13.2. The zero-order valence-corrected chi connectivity index (χ0v) is 29.3. The molecule has 4 aromatic rings. The number of hydrogen-bond acceptors (Lipinski definition) is 6. The second kappa shape index (κ2) is 10.6. The van der Waals surface area contributed by atoms with Crippen molar-refractivity contribution in [1.82, 2.24) is 29.7 Å². The first kappa shape index (κ1) is 30.7. The molecule has 6 atom stereocenters. The normalized spacial score (nSPS) is 26.9. The Kier molecular flexibility index (Phi) is 6.63. The van der Waals surface area contributed by atoms with Gasteiger partial charge in [-0.3, -0.25) is 9.80 Å². The summed E-state index contributed by atoms with van der Waals surface area (Å²) in [6, 6.07) is 13.4. The lowest BCUT2D eigenvalue weighted by atomic mass is 9.96. The minimum atomic E-state index is -0.536. The van der Waals surface area contributed by atoms with Gasteiger partial charge in [-0.25, -0.2) is 19.6 Å². The van der Waals surface area contributed by atoms with E-state index in [0.29, 0.717) is 11.8 Å². The van der Waals surface area contributed by atoms with E-state index >= 15 is 0 Å². The molecule has 49 heavy (non-hydrogen) atoms. The SMILES string of the molecule is CC(C)(C)OC(=O)N1[C@@H]2C[C@@H]2C[C@H]1c1nc2c([nH]1)CCCc1cc(-c3ccc4nc([C@@H]5C[C@H]6C[C@H]6N5C(=O)OC(C)(C)C)[nH]c4c3)ccc1-2. The van der Waals surface area contributed by atoms with Gasteiger partial charge in [-0.2, -0.15) is 0 Å². The molecule has 2 saturated carbocycles. The van der Waals surface area contributed by atoms with Gasteiger partial charge >= 0.3 is 12.2 Å². The summed E-state index contributed by atoms with van der Waals surface area (Å²) in [6.45, 7) is 11.5. The van der Waals surface area contributed by atoms with Crippen LogP contribution in [0, 0.1) is 11.8 Å². The Morgan fingerprint density at radius 3 is 1.96 bits per heavy atom. The minimum absolute atomic E-state index is 0.0782. The Morgan fingerprint density at radius 2 is 1.33 bits per heavy atom. The smallest absolute Gasteiger partial charge is 0.411 e.